The van der Waals surface area contributed by atoms with E-state index < -0.39 is 23.2 Å². The Kier molecular flexibility index (Phi) is 5.93. The molecule has 0 bridgehead atoms. The molecule has 1 aliphatic rings. The maximum absolute atomic E-state index is 12.6. The number of rotatable bonds is 6. The molecule has 1 aliphatic heterocycles. The first kappa shape index (κ1) is 20.5. The monoisotopic (exact) mass is 417 g/mol. The van der Waals surface area contributed by atoms with Gasteiger partial charge >= 0.3 is 0 Å². The molecule has 1 fully saturated rings. The van der Waals surface area contributed by atoms with Gasteiger partial charge in [-0.05, 0) is 42.0 Å². The van der Waals surface area contributed by atoms with Crippen LogP contribution in [0.2, 0.25) is 0 Å². The van der Waals surface area contributed by atoms with E-state index in [1.165, 1.54) is 26.2 Å². The summed E-state index contributed by atoms with van der Waals surface area (Å²) in [6, 6.07) is 10.9. The molecule has 2 atom stereocenters. The molecule has 2 aromatic carbocycles. The first-order chi connectivity index (χ1) is 13.8. The van der Waals surface area contributed by atoms with Gasteiger partial charge in [-0.3, -0.25) is 19.8 Å². The second-order valence-electron chi connectivity index (χ2n) is 6.37. The number of carbonyl (C=O) groups excluding carboxylic acids is 3. The summed E-state index contributed by atoms with van der Waals surface area (Å²) in [7, 11) is 3.04. The zero-order valence-electron chi connectivity index (χ0n) is 16.1. The number of methoxy groups -OCH3 is 2. The molecule has 0 aromatic heterocycles. The zero-order valence-corrected chi connectivity index (χ0v) is 16.8. The van der Waals surface area contributed by atoms with Crippen molar-refractivity contribution in [1.82, 2.24) is 10.4 Å². The van der Waals surface area contributed by atoms with Crippen molar-refractivity contribution in [3.8, 4) is 11.5 Å². The number of hydrogen-bond donors (Lipinski definition) is 2. The predicted octanol–water partition coefficient (Wildman–Crippen LogP) is 2.50. The van der Waals surface area contributed by atoms with Crippen molar-refractivity contribution in [2.75, 3.05) is 19.5 Å². The first-order valence-corrected chi connectivity index (χ1v) is 9.17. The summed E-state index contributed by atoms with van der Waals surface area (Å²) in [6.07, 6.45) is 0. The summed E-state index contributed by atoms with van der Waals surface area (Å²) < 4.78 is 10.5. The normalized spacial score (nSPS) is 17.9. The third-order valence-electron chi connectivity index (χ3n) is 4.47. The molecule has 0 radical (unpaired) electrons. The van der Waals surface area contributed by atoms with Gasteiger partial charge in [0.05, 0.1) is 14.2 Å². The third kappa shape index (κ3) is 4.12. The highest BCUT2D eigenvalue weighted by molar-refractivity contribution is 6.33. The molecular formula is C20H20ClN3O5. The molecule has 29 heavy (non-hydrogen) atoms. The topological polar surface area (TPSA) is 97.0 Å². The Hall–Kier alpha value is -3.26. The highest BCUT2D eigenvalue weighted by atomic mass is 35.5. The van der Waals surface area contributed by atoms with Gasteiger partial charge in [-0.25, -0.2) is 5.01 Å². The number of hydrazine groups is 1. The quantitative estimate of drug-likeness (QED) is 0.556. The van der Waals surface area contributed by atoms with Crippen molar-refractivity contribution in [1.29, 1.82) is 0 Å². The summed E-state index contributed by atoms with van der Waals surface area (Å²) in [5.41, 5.74) is 4.18. The van der Waals surface area contributed by atoms with Crippen molar-refractivity contribution in [3.05, 3.63) is 53.6 Å². The number of alkyl halides is 1. The number of hydrogen-bond acceptors (Lipinski definition) is 5. The van der Waals surface area contributed by atoms with Crippen LogP contribution in [0, 0.1) is 0 Å². The number of amides is 3. The van der Waals surface area contributed by atoms with Crippen LogP contribution in [0.25, 0.3) is 0 Å². The van der Waals surface area contributed by atoms with E-state index in [1.807, 2.05) is 0 Å². The lowest BCUT2D eigenvalue weighted by molar-refractivity contribution is -0.149. The minimum atomic E-state index is -0.810. The van der Waals surface area contributed by atoms with E-state index in [0.717, 1.165) is 0 Å². The van der Waals surface area contributed by atoms with E-state index in [9.17, 15) is 14.4 Å². The fourth-order valence-electron chi connectivity index (χ4n) is 3.02. The number of nitrogens with zero attached hydrogens (tertiary/aromatic N) is 1. The van der Waals surface area contributed by atoms with Gasteiger partial charge in [0.25, 0.3) is 11.8 Å². The van der Waals surface area contributed by atoms with Crippen molar-refractivity contribution >= 4 is 35.0 Å². The minimum absolute atomic E-state index is 0.209. The van der Waals surface area contributed by atoms with E-state index in [4.69, 9.17) is 21.1 Å². The van der Waals surface area contributed by atoms with Gasteiger partial charge in [0, 0.05) is 18.2 Å². The van der Waals surface area contributed by atoms with Crippen LogP contribution >= 0.6 is 11.6 Å². The van der Waals surface area contributed by atoms with Crippen LogP contribution in [0.1, 0.15) is 28.9 Å². The molecule has 3 amide bonds. The lowest BCUT2D eigenvalue weighted by atomic mass is 9.95. The molecule has 2 N–H and O–H groups in total. The van der Waals surface area contributed by atoms with Crippen LogP contribution in [0.15, 0.2) is 42.5 Å². The Bertz CT molecular complexity index is 948. The predicted molar refractivity (Wildman–Crippen MR) is 107 cm³/mol. The minimum Gasteiger partial charge on any atom is -0.493 e. The maximum atomic E-state index is 12.6. The van der Waals surface area contributed by atoms with Crippen molar-refractivity contribution in [3.63, 3.8) is 0 Å². The SMILES string of the molecule is COc1ccc([C@H]2[C@H](Cl)C(=O)N2NC(=O)c2ccc(NC(C)=O)cc2)cc1OC. The van der Waals surface area contributed by atoms with E-state index >= 15 is 0 Å². The molecule has 152 valence electrons. The van der Waals surface area contributed by atoms with E-state index in [-0.39, 0.29) is 5.91 Å². The Morgan fingerprint density at radius 3 is 2.28 bits per heavy atom. The number of β-lactam (4-membered cyclic amide) rings is 1. The van der Waals surface area contributed by atoms with Crippen LogP contribution in [0.5, 0.6) is 11.5 Å². The van der Waals surface area contributed by atoms with Gasteiger partial charge in [0.15, 0.2) is 11.5 Å². The lowest BCUT2D eigenvalue weighted by Crippen LogP contribution is -2.63. The number of anilines is 1. The summed E-state index contributed by atoms with van der Waals surface area (Å²) in [6.45, 7) is 1.40. The Morgan fingerprint density at radius 2 is 1.69 bits per heavy atom. The van der Waals surface area contributed by atoms with E-state index in [2.05, 4.69) is 10.7 Å². The van der Waals surface area contributed by atoms with Gasteiger partial charge in [-0.2, -0.15) is 0 Å². The molecule has 1 heterocycles. The maximum Gasteiger partial charge on any atom is 0.269 e. The molecule has 0 unspecified atom stereocenters. The summed E-state index contributed by atoms with van der Waals surface area (Å²) in [5, 5.41) is 3.01. The van der Waals surface area contributed by atoms with Crippen molar-refractivity contribution in [2.45, 2.75) is 18.3 Å². The average molecular weight is 418 g/mol. The molecule has 0 aliphatic carbocycles. The van der Waals surface area contributed by atoms with Gasteiger partial charge in [-0.15, -0.1) is 11.6 Å². The van der Waals surface area contributed by atoms with Gasteiger partial charge in [-0.1, -0.05) is 6.07 Å². The first-order valence-electron chi connectivity index (χ1n) is 8.73. The standard InChI is InChI=1S/C20H20ClN3O5/c1-11(25)22-14-7-4-12(5-8-14)19(26)23-24-18(17(21)20(24)27)13-6-9-15(28-2)16(10-13)29-3/h4-10,17-18H,1-3H3,(H,22,25)(H,23,26)/t17-,18-/m0/s1. The van der Waals surface area contributed by atoms with Crippen LogP contribution in [-0.2, 0) is 9.59 Å². The second kappa shape index (κ2) is 8.40. The fourth-order valence-corrected chi connectivity index (χ4v) is 3.38. The van der Waals surface area contributed by atoms with Crippen LogP contribution in [-0.4, -0.2) is 42.3 Å². The van der Waals surface area contributed by atoms with Crippen LogP contribution in [0.4, 0.5) is 5.69 Å². The van der Waals surface area contributed by atoms with Crippen LogP contribution in [0.3, 0.4) is 0 Å². The lowest BCUT2D eigenvalue weighted by Gasteiger charge is -2.44. The Morgan fingerprint density at radius 1 is 1.03 bits per heavy atom. The van der Waals surface area contributed by atoms with Gasteiger partial charge < -0.3 is 14.8 Å². The molecule has 1 saturated heterocycles. The van der Waals surface area contributed by atoms with Crippen LogP contribution < -0.4 is 20.2 Å². The third-order valence-corrected chi connectivity index (χ3v) is 4.89. The number of benzene rings is 2. The molecule has 0 saturated carbocycles. The van der Waals surface area contributed by atoms with Gasteiger partial charge in [0.1, 0.15) is 11.4 Å². The Balaban J connectivity index is 1.76. The zero-order chi connectivity index (χ0) is 21.1. The molecule has 2 aromatic rings. The average Bonchev–Trinajstić information content (AvgIpc) is 2.72. The molecule has 0 spiro atoms. The highest BCUT2D eigenvalue weighted by Gasteiger charge is 2.48. The number of nitrogens with one attached hydrogen (secondary N) is 2. The number of ether oxygens (including phenoxy) is 2. The summed E-state index contributed by atoms with van der Waals surface area (Å²) in [4.78, 5) is 35.9. The summed E-state index contributed by atoms with van der Waals surface area (Å²) in [5.74, 6) is -0.0494. The van der Waals surface area contributed by atoms with Crippen molar-refractivity contribution < 1.29 is 23.9 Å². The summed E-state index contributed by atoms with van der Waals surface area (Å²) >= 11 is 6.21. The second-order valence-corrected chi connectivity index (χ2v) is 6.84. The van der Waals surface area contributed by atoms with E-state index in [0.29, 0.717) is 28.3 Å². The molecule has 3 rings (SSSR count). The fraction of sp³-hybridized carbons (Fsp3) is 0.250. The smallest absolute Gasteiger partial charge is 0.269 e. The molecule has 8 nitrogen and oxygen atoms in total. The number of carbonyl (C=O) groups is 3. The van der Waals surface area contributed by atoms with E-state index in [1.54, 1.807) is 42.5 Å². The Labute approximate surface area is 172 Å². The highest BCUT2D eigenvalue weighted by Crippen LogP contribution is 2.40. The van der Waals surface area contributed by atoms with Gasteiger partial charge in [0.2, 0.25) is 5.91 Å². The largest absolute Gasteiger partial charge is 0.493 e. The molecular weight excluding hydrogens is 398 g/mol. The number of halogens is 1. The van der Waals surface area contributed by atoms with Crippen molar-refractivity contribution in [2.24, 2.45) is 0 Å². The molecule has 9 heteroatoms.